The molecule has 53 heavy (non-hydrogen) atoms. The highest BCUT2D eigenvalue weighted by molar-refractivity contribution is 6.42. The fourth-order valence-corrected chi connectivity index (χ4v) is 5.32. The molecule has 0 saturated carbocycles. The highest BCUT2D eigenvalue weighted by Crippen LogP contribution is 2.31. The van der Waals surface area contributed by atoms with E-state index in [0.29, 0.717) is 66.5 Å². The van der Waals surface area contributed by atoms with Crippen molar-refractivity contribution in [1.82, 2.24) is 60.3 Å². The van der Waals surface area contributed by atoms with Crippen LogP contribution in [-0.4, -0.2) is 72.1 Å². The van der Waals surface area contributed by atoms with Crippen LogP contribution in [0.3, 0.4) is 0 Å². The van der Waals surface area contributed by atoms with E-state index >= 15 is 0 Å². The maximum Gasteiger partial charge on any atom is 0.230 e. The van der Waals surface area contributed by atoms with Crippen LogP contribution in [0.1, 0.15) is 13.8 Å². The lowest BCUT2D eigenvalue weighted by atomic mass is 10.1. The number of amides is 2. The summed E-state index contributed by atoms with van der Waals surface area (Å²) in [7, 11) is 0. The van der Waals surface area contributed by atoms with Gasteiger partial charge < -0.3 is 0 Å². The molecule has 6 heterocycles. The van der Waals surface area contributed by atoms with Gasteiger partial charge in [0.25, 0.3) is 0 Å². The molecule has 16 nitrogen and oxygen atoms in total. The zero-order chi connectivity index (χ0) is 37.1. The van der Waals surface area contributed by atoms with Crippen molar-refractivity contribution in [1.29, 1.82) is 0 Å². The summed E-state index contributed by atoms with van der Waals surface area (Å²) in [5, 5.41) is 19.2. The number of anilines is 2. The average molecular weight is 750 g/mol. The van der Waals surface area contributed by atoms with Gasteiger partial charge in [-0.2, -0.15) is 10.2 Å². The van der Waals surface area contributed by atoms with E-state index in [2.05, 4.69) is 70.9 Å². The minimum absolute atomic E-state index is 0.146. The Labute approximate surface area is 307 Å². The molecule has 19 heteroatoms. The molecule has 0 unspecified atom stereocenters. The smallest absolute Gasteiger partial charge is 0.230 e. The van der Waals surface area contributed by atoms with Crippen LogP contribution in [0.25, 0.3) is 67.6 Å². The number of halogens is 3. The van der Waals surface area contributed by atoms with Crippen LogP contribution in [0.5, 0.6) is 0 Å². The van der Waals surface area contributed by atoms with E-state index in [-0.39, 0.29) is 29.5 Å². The fourth-order valence-electron chi connectivity index (χ4n) is 5.02. The standard InChI is InChI=1S/C17H11Cl2N7O.C17H12FN7O/c1-8(27)22-17-24-13-5-4-12(9-2-3-10(18)11(19)6-9)23-14(13)15(25-17)16-20-7-21-26-16;1-9(26)21-17-23-13-7-6-12(10-2-4-11(18)5-3-10)22-14(13)15(24-17)16-19-8-20-25-16/h2-7H,1H3,(H,20,21,26)(H,22,24,25,27);2-8H,1H3,(H,19,20,25)(H,21,23,24,26). The Morgan fingerprint density at radius 1 is 0.604 bits per heavy atom. The Bertz CT molecular complexity index is 2620. The van der Waals surface area contributed by atoms with Crippen molar-refractivity contribution in [3.05, 3.63) is 95.2 Å². The van der Waals surface area contributed by atoms with Crippen molar-refractivity contribution >= 4 is 69.0 Å². The Kier molecular flexibility index (Phi) is 9.65. The van der Waals surface area contributed by atoms with Crippen LogP contribution in [0.4, 0.5) is 16.3 Å². The summed E-state index contributed by atoms with van der Waals surface area (Å²) in [4.78, 5) is 57.6. The topological polar surface area (TPSA) is 219 Å². The third kappa shape index (κ3) is 7.75. The van der Waals surface area contributed by atoms with Crippen LogP contribution in [-0.2, 0) is 9.59 Å². The molecule has 4 N–H and O–H groups in total. The molecule has 262 valence electrons. The lowest BCUT2D eigenvalue weighted by molar-refractivity contribution is -0.115. The lowest BCUT2D eigenvalue weighted by Crippen LogP contribution is -2.10. The van der Waals surface area contributed by atoms with E-state index in [1.165, 1.54) is 38.6 Å². The van der Waals surface area contributed by atoms with Gasteiger partial charge in [0.15, 0.2) is 11.6 Å². The van der Waals surface area contributed by atoms with Gasteiger partial charge >= 0.3 is 0 Å². The second-order valence-electron chi connectivity index (χ2n) is 11.1. The molecule has 8 aromatic rings. The molecule has 0 radical (unpaired) electrons. The normalized spacial score (nSPS) is 10.9. The Morgan fingerprint density at radius 3 is 1.55 bits per heavy atom. The van der Waals surface area contributed by atoms with Crippen molar-refractivity contribution in [2.45, 2.75) is 13.8 Å². The third-order valence-corrected chi connectivity index (χ3v) is 8.03. The van der Waals surface area contributed by atoms with Gasteiger partial charge in [0, 0.05) is 25.0 Å². The van der Waals surface area contributed by atoms with Gasteiger partial charge in [-0.05, 0) is 60.7 Å². The van der Waals surface area contributed by atoms with Crippen molar-refractivity contribution in [3.8, 4) is 45.6 Å². The van der Waals surface area contributed by atoms with E-state index in [1.54, 1.807) is 48.5 Å². The predicted octanol–water partition coefficient (Wildman–Crippen LogP) is 6.32. The van der Waals surface area contributed by atoms with Crippen LogP contribution in [0, 0.1) is 5.82 Å². The molecule has 0 bridgehead atoms. The highest BCUT2D eigenvalue weighted by atomic mass is 35.5. The van der Waals surface area contributed by atoms with E-state index in [1.807, 2.05) is 6.07 Å². The monoisotopic (exact) mass is 748 g/mol. The molecule has 0 spiro atoms. The molecular formula is C34H23Cl2FN14O2. The van der Waals surface area contributed by atoms with Crippen LogP contribution < -0.4 is 10.6 Å². The number of pyridine rings is 2. The van der Waals surface area contributed by atoms with Gasteiger partial charge in [-0.3, -0.25) is 30.4 Å². The Morgan fingerprint density at radius 2 is 1.09 bits per heavy atom. The number of carbonyl (C=O) groups excluding carboxylic acids is 2. The largest absolute Gasteiger partial charge is 0.295 e. The molecule has 8 rings (SSSR count). The maximum atomic E-state index is 13.2. The first kappa shape index (κ1) is 34.6. The molecule has 2 aromatic carbocycles. The lowest BCUT2D eigenvalue weighted by Gasteiger charge is -2.09. The average Bonchev–Trinajstić information content (AvgIpc) is 3.88. The number of benzene rings is 2. The fraction of sp³-hybridized carbons (Fsp3) is 0.0588. The number of hydrogen-bond acceptors (Lipinski definition) is 12. The summed E-state index contributed by atoms with van der Waals surface area (Å²) in [6.45, 7) is 2.75. The molecule has 0 atom stereocenters. The van der Waals surface area contributed by atoms with E-state index in [4.69, 9.17) is 23.2 Å². The van der Waals surface area contributed by atoms with Crippen LogP contribution in [0.15, 0.2) is 79.4 Å². The second kappa shape index (κ2) is 14.8. The summed E-state index contributed by atoms with van der Waals surface area (Å²) in [6, 6.07) is 18.4. The number of hydrogen-bond donors (Lipinski definition) is 4. The van der Waals surface area contributed by atoms with Gasteiger partial charge in [0.2, 0.25) is 23.7 Å². The number of nitrogens with one attached hydrogen (secondary N) is 4. The number of fused-ring (bicyclic) bond motifs is 2. The first-order chi connectivity index (χ1) is 25.6. The minimum atomic E-state index is -0.319. The predicted molar refractivity (Wildman–Crippen MR) is 195 cm³/mol. The van der Waals surface area contributed by atoms with Crippen LogP contribution in [0.2, 0.25) is 10.0 Å². The summed E-state index contributed by atoms with van der Waals surface area (Å²) >= 11 is 12.1. The van der Waals surface area contributed by atoms with E-state index in [9.17, 15) is 14.0 Å². The molecule has 2 amide bonds. The minimum Gasteiger partial charge on any atom is -0.295 e. The van der Waals surface area contributed by atoms with Gasteiger partial charge in [-0.25, -0.2) is 44.3 Å². The first-order valence-corrected chi connectivity index (χ1v) is 16.2. The Hall–Kier alpha value is -6.85. The number of aromatic amines is 2. The zero-order valence-electron chi connectivity index (χ0n) is 27.4. The van der Waals surface area contributed by atoms with E-state index < -0.39 is 0 Å². The van der Waals surface area contributed by atoms with Crippen molar-refractivity contribution in [2.24, 2.45) is 0 Å². The van der Waals surface area contributed by atoms with Crippen molar-refractivity contribution < 1.29 is 14.0 Å². The number of rotatable bonds is 6. The summed E-state index contributed by atoms with van der Waals surface area (Å²) in [5.74, 6) is 0.223. The SMILES string of the molecule is CC(=O)Nc1nc(-c2ncn[nH]2)c2nc(-c3ccc(Cl)c(Cl)c3)ccc2n1.CC(=O)Nc1nc(-c2ncn[nH]2)c2nc(-c3ccc(F)cc3)ccc2n1. The maximum absolute atomic E-state index is 13.2. The third-order valence-electron chi connectivity index (χ3n) is 7.29. The summed E-state index contributed by atoms with van der Waals surface area (Å²) < 4.78 is 13.2. The molecule has 0 aliphatic heterocycles. The number of nitrogens with zero attached hydrogens (tertiary/aromatic N) is 10. The van der Waals surface area contributed by atoms with Gasteiger partial charge in [0.05, 0.1) is 32.5 Å². The van der Waals surface area contributed by atoms with Gasteiger partial charge in [-0.1, -0.05) is 29.3 Å². The van der Waals surface area contributed by atoms with Crippen molar-refractivity contribution in [3.63, 3.8) is 0 Å². The first-order valence-electron chi connectivity index (χ1n) is 15.5. The number of H-pyrrole nitrogens is 2. The summed E-state index contributed by atoms with van der Waals surface area (Å²) in [5.41, 5.74) is 5.73. The molecule has 0 fully saturated rings. The highest BCUT2D eigenvalue weighted by Gasteiger charge is 2.17. The summed E-state index contributed by atoms with van der Waals surface area (Å²) in [6.07, 6.45) is 2.72. The molecule has 0 aliphatic rings. The Balaban J connectivity index is 0.000000164. The van der Waals surface area contributed by atoms with Gasteiger partial charge in [-0.15, -0.1) is 0 Å². The number of aromatic nitrogens is 12. The molecule has 6 aromatic heterocycles. The second-order valence-corrected chi connectivity index (χ2v) is 11.9. The van der Waals surface area contributed by atoms with Crippen LogP contribution >= 0.6 is 23.2 Å². The quantitative estimate of drug-likeness (QED) is 0.147. The molecule has 0 saturated heterocycles. The zero-order valence-corrected chi connectivity index (χ0v) is 28.9. The molecule has 0 aliphatic carbocycles. The molecular weight excluding hydrogens is 726 g/mol. The van der Waals surface area contributed by atoms with E-state index in [0.717, 1.165) is 11.1 Å². The number of carbonyl (C=O) groups is 2. The van der Waals surface area contributed by atoms with Crippen molar-refractivity contribution in [2.75, 3.05) is 10.6 Å². The van der Waals surface area contributed by atoms with Gasteiger partial charge in [0.1, 0.15) is 40.9 Å².